The van der Waals surface area contributed by atoms with Crippen LogP contribution in [0.1, 0.15) is 13.3 Å². The molecule has 1 heterocycles. The van der Waals surface area contributed by atoms with Crippen LogP contribution in [-0.4, -0.2) is 37.1 Å². The number of morpholine rings is 1. The molecule has 0 bridgehead atoms. The van der Waals surface area contributed by atoms with E-state index in [0.717, 1.165) is 32.7 Å². The maximum atomic E-state index is 5.57. The Hall–Kier alpha value is -0.770. The quantitative estimate of drug-likeness (QED) is 0.453. The van der Waals surface area contributed by atoms with Gasteiger partial charge in [-0.3, -0.25) is 5.01 Å². The van der Waals surface area contributed by atoms with Crippen LogP contribution in [0.2, 0.25) is 0 Å². The van der Waals surface area contributed by atoms with Crippen molar-refractivity contribution in [3.63, 3.8) is 0 Å². The van der Waals surface area contributed by atoms with Gasteiger partial charge in [-0.1, -0.05) is 6.92 Å². The summed E-state index contributed by atoms with van der Waals surface area (Å²) in [6, 6.07) is 0. The lowest BCUT2D eigenvalue weighted by Crippen LogP contribution is -2.34. The van der Waals surface area contributed by atoms with Gasteiger partial charge in [0.2, 0.25) is 0 Å². The van der Waals surface area contributed by atoms with E-state index in [1.165, 1.54) is 0 Å². The van der Waals surface area contributed by atoms with Gasteiger partial charge in [-0.2, -0.15) is 5.10 Å². The summed E-state index contributed by atoms with van der Waals surface area (Å²) in [6.07, 6.45) is 0.817. The van der Waals surface area contributed by atoms with Gasteiger partial charge in [0.15, 0.2) is 0 Å². The number of hydrogen-bond donors (Lipinski definition) is 1. The summed E-state index contributed by atoms with van der Waals surface area (Å²) < 4.78 is 5.16. The van der Waals surface area contributed by atoms with E-state index in [9.17, 15) is 0 Å². The van der Waals surface area contributed by atoms with Gasteiger partial charge in [0.25, 0.3) is 0 Å². The van der Waals surface area contributed by atoms with Crippen LogP contribution in [0.15, 0.2) is 5.10 Å². The molecular weight excluding hydrogens is 142 g/mol. The molecule has 0 aromatic carbocycles. The molecule has 1 rings (SSSR count). The van der Waals surface area contributed by atoms with E-state index in [4.69, 9.17) is 10.5 Å². The highest BCUT2D eigenvalue weighted by Gasteiger charge is 2.06. The highest BCUT2D eigenvalue weighted by atomic mass is 16.5. The van der Waals surface area contributed by atoms with Gasteiger partial charge in [0.05, 0.1) is 26.3 Å². The predicted molar refractivity (Wildman–Crippen MR) is 44.3 cm³/mol. The van der Waals surface area contributed by atoms with E-state index in [0.29, 0.717) is 5.84 Å². The van der Waals surface area contributed by atoms with Crippen molar-refractivity contribution in [1.82, 2.24) is 5.01 Å². The number of amidine groups is 1. The number of hydrazone groups is 1. The van der Waals surface area contributed by atoms with Gasteiger partial charge in [0, 0.05) is 6.42 Å². The van der Waals surface area contributed by atoms with Crippen LogP contribution in [-0.2, 0) is 4.74 Å². The summed E-state index contributed by atoms with van der Waals surface area (Å²) in [5.74, 6) is 0.701. The Kier molecular flexibility index (Phi) is 3.16. The number of nitrogens with zero attached hydrogens (tertiary/aromatic N) is 2. The first kappa shape index (κ1) is 8.33. The molecule has 4 nitrogen and oxygen atoms in total. The third kappa shape index (κ3) is 2.76. The van der Waals surface area contributed by atoms with Gasteiger partial charge < -0.3 is 10.5 Å². The SMILES string of the molecule is CC/C(N)=N/N1CCOCC1. The zero-order valence-corrected chi connectivity index (χ0v) is 6.92. The minimum Gasteiger partial charge on any atom is -0.386 e. The first-order valence-electron chi connectivity index (χ1n) is 3.98. The average Bonchev–Trinajstić information content (AvgIpc) is 2.06. The van der Waals surface area contributed by atoms with Crippen molar-refractivity contribution >= 4 is 5.84 Å². The first-order chi connectivity index (χ1) is 5.33. The van der Waals surface area contributed by atoms with Crippen LogP contribution in [0.5, 0.6) is 0 Å². The molecule has 0 amide bonds. The molecule has 1 saturated heterocycles. The third-order valence-corrected chi connectivity index (χ3v) is 1.62. The fourth-order valence-corrected chi connectivity index (χ4v) is 0.906. The molecule has 0 radical (unpaired) electrons. The predicted octanol–water partition coefficient (Wildman–Crippen LogP) is 0.000800. The van der Waals surface area contributed by atoms with E-state index in [2.05, 4.69) is 5.10 Å². The largest absolute Gasteiger partial charge is 0.386 e. The van der Waals surface area contributed by atoms with Gasteiger partial charge in [0.1, 0.15) is 5.84 Å². The number of hydrogen-bond acceptors (Lipinski definition) is 3. The molecule has 0 aliphatic carbocycles. The molecule has 0 aromatic rings. The summed E-state index contributed by atoms with van der Waals surface area (Å²) in [5.41, 5.74) is 5.57. The molecule has 0 saturated carbocycles. The van der Waals surface area contributed by atoms with Gasteiger partial charge in [-0.25, -0.2) is 0 Å². The number of ether oxygens (including phenoxy) is 1. The fraction of sp³-hybridized carbons (Fsp3) is 0.857. The Labute approximate surface area is 67.0 Å². The third-order valence-electron chi connectivity index (χ3n) is 1.62. The molecule has 2 N–H and O–H groups in total. The smallest absolute Gasteiger partial charge is 0.119 e. The van der Waals surface area contributed by atoms with E-state index >= 15 is 0 Å². The highest BCUT2D eigenvalue weighted by molar-refractivity contribution is 5.79. The normalized spacial score (nSPS) is 20.5. The number of rotatable bonds is 2. The topological polar surface area (TPSA) is 50.8 Å². The monoisotopic (exact) mass is 157 g/mol. The van der Waals surface area contributed by atoms with Crippen LogP contribution >= 0.6 is 0 Å². The van der Waals surface area contributed by atoms with Gasteiger partial charge in [-0.15, -0.1) is 0 Å². The Morgan fingerprint density at radius 1 is 1.55 bits per heavy atom. The summed E-state index contributed by atoms with van der Waals surface area (Å²) in [5, 5.41) is 6.16. The summed E-state index contributed by atoms with van der Waals surface area (Å²) in [4.78, 5) is 0. The molecule has 1 aliphatic heterocycles. The molecule has 4 heteroatoms. The lowest BCUT2D eigenvalue weighted by molar-refractivity contribution is 0.0392. The van der Waals surface area contributed by atoms with Crippen LogP contribution in [0, 0.1) is 0 Å². The van der Waals surface area contributed by atoms with Crippen molar-refractivity contribution in [2.24, 2.45) is 10.8 Å². The molecule has 64 valence electrons. The highest BCUT2D eigenvalue weighted by Crippen LogP contribution is 1.97. The molecule has 1 aliphatic rings. The minimum absolute atomic E-state index is 0.701. The summed E-state index contributed by atoms with van der Waals surface area (Å²) in [6.45, 7) is 5.25. The van der Waals surface area contributed by atoms with Gasteiger partial charge >= 0.3 is 0 Å². The van der Waals surface area contributed by atoms with Crippen LogP contribution in [0.4, 0.5) is 0 Å². The average molecular weight is 157 g/mol. The van der Waals surface area contributed by atoms with Crippen molar-refractivity contribution in [2.75, 3.05) is 26.3 Å². The second-order valence-electron chi connectivity index (χ2n) is 2.51. The molecule has 0 spiro atoms. The number of nitrogens with two attached hydrogens (primary N) is 1. The van der Waals surface area contributed by atoms with Crippen molar-refractivity contribution in [3.05, 3.63) is 0 Å². The zero-order valence-electron chi connectivity index (χ0n) is 6.92. The molecule has 0 aromatic heterocycles. The Balaban J connectivity index is 2.34. The van der Waals surface area contributed by atoms with Crippen molar-refractivity contribution in [2.45, 2.75) is 13.3 Å². The van der Waals surface area contributed by atoms with Crippen LogP contribution < -0.4 is 5.73 Å². The van der Waals surface area contributed by atoms with E-state index in [1.807, 2.05) is 11.9 Å². The summed E-state index contributed by atoms with van der Waals surface area (Å²) in [7, 11) is 0. The molecular formula is C7H15N3O. The van der Waals surface area contributed by atoms with E-state index in [1.54, 1.807) is 0 Å². The van der Waals surface area contributed by atoms with E-state index < -0.39 is 0 Å². The molecule has 0 unspecified atom stereocenters. The lowest BCUT2D eigenvalue weighted by atomic mass is 10.4. The minimum atomic E-state index is 0.701. The Morgan fingerprint density at radius 2 is 2.18 bits per heavy atom. The van der Waals surface area contributed by atoms with Crippen molar-refractivity contribution in [3.8, 4) is 0 Å². The Morgan fingerprint density at radius 3 is 2.73 bits per heavy atom. The van der Waals surface area contributed by atoms with Gasteiger partial charge in [-0.05, 0) is 0 Å². The Bertz CT molecular complexity index is 141. The maximum absolute atomic E-state index is 5.57. The molecule has 1 fully saturated rings. The van der Waals surface area contributed by atoms with Crippen LogP contribution in [0.3, 0.4) is 0 Å². The molecule has 11 heavy (non-hydrogen) atoms. The lowest BCUT2D eigenvalue weighted by Gasteiger charge is -2.24. The van der Waals surface area contributed by atoms with Crippen LogP contribution in [0.25, 0.3) is 0 Å². The summed E-state index contributed by atoms with van der Waals surface area (Å²) >= 11 is 0. The standard InChI is InChI=1S/C7H15N3O/c1-2-7(8)9-10-3-5-11-6-4-10/h2-6H2,1H3,(H2,8,9). The van der Waals surface area contributed by atoms with Crippen molar-refractivity contribution < 1.29 is 4.74 Å². The fourth-order valence-electron chi connectivity index (χ4n) is 0.906. The second-order valence-corrected chi connectivity index (χ2v) is 2.51. The second kappa shape index (κ2) is 4.18. The maximum Gasteiger partial charge on any atom is 0.119 e. The zero-order chi connectivity index (χ0) is 8.10. The molecule has 0 atom stereocenters. The van der Waals surface area contributed by atoms with Crippen molar-refractivity contribution in [1.29, 1.82) is 0 Å². The van der Waals surface area contributed by atoms with E-state index in [-0.39, 0.29) is 0 Å². The first-order valence-corrected chi connectivity index (χ1v) is 3.98.